The second-order valence-electron chi connectivity index (χ2n) is 8.29. The van der Waals surface area contributed by atoms with E-state index in [1.165, 1.54) is 0 Å². The third-order valence-corrected chi connectivity index (χ3v) is 5.59. The number of carbonyl (C=O) groups is 2. The lowest BCUT2D eigenvalue weighted by molar-refractivity contribution is -0.871. The second kappa shape index (κ2) is 12.8. The first-order valence-electron chi connectivity index (χ1n) is 9.91. The van der Waals surface area contributed by atoms with E-state index in [0.29, 0.717) is 11.0 Å². The van der Waals surface area contributed by atoms with Gasteiger partial charge in [0.05, 0.1) is 45.0 Å². The molecule has 0 aliphatic carbocycles. The van der Waals surface area contributed by atoms with Crippen molar-refractivity contribution in [1.82, 2.24) is 4.72 Å². The summed E-state index contributed by atoms with van der Waals surface area (Å²) in [4.78, 5) is 20.1. The van der Waals surface area contributed by atoms with Crippen LogP contribution in [0.1, 0.15) is 38.2 Å². The van der Waals surface area contributed by atoms with Crippen LogP contribution in [0.5, 0.6) is 0 Å². The number of sulfonamides is 1. The number of hydrogen-bond acceptors (Lipinski definition) is 4. The predicted molar refractivity (Wildman–Crippen MR) is 113 cm³/mol. The van der Waals surface area contributed by atoms with Crippen LogP contribution in [-0.2, 0) is 26.0 Å². The number of unbranched alkanes of at least 4 members (excludes halogenated alkanes) is 2. The molecule has 12 heteroatoms. The van der Waals surface area contributed by atoms with Crippen molar-refractivity contribution in [1.29, 1.82) is 0 Å². The number of alkyl halides is 3. The first kappa shape index (κ1) is 29.8. The molecule has 0 amide bonds. The van der Waals surface area contributed by atoms with Crippen LogP contribution in [0.25, 0.3) is 0 Å². The van der Waals surface area contributed by atoms with Gasteiger partial charge in [0.2, 0.25) is 10.0 Å². The number of carboxylic acid groups (broad SMARTS) is 2. The van der Waals surface area contributed by atoms with Crippen molar-refractivity contribution in [3.8, 4) is 0 Å². The summed E-state index contributed by atoms with van der Waals surface area (Å²) in [5.74, 6) is -3.78. The molecule has 0 aliphatic rings. The molecular formula is C20H32F3N2O6S+. The van der Waals surface area contributed by atoms with Crippen molar-refractivity contribution in [3.05, 3.63) is 29.8 Å². The number of rotatable bonds is 11. The third kappa shape index (κ3) is 13.3. The minimum absolute atomic E-state index is 0.170. The number of aryl methyl sites for hydroxylation is 1. The number of nitrogens with zero attached hydrogens (tertiary/aromatic N) is 1. The fourth-order valence-corrected chi connectivity index (χ4v) is 3.94. The highest BCUT2D eigenvalue weighted by Crippen LogP contribution is 2.15. The average Bonchev–Trinajstić information content (AvgIpc) is 2.59. The summed E-state index contributed by atoms with van der Waals surface area (Å²) in [6, 6.07) is 6.18. The van der Waals surface area contributed by atoms with Gasteiger partial charge in [-0.25, -0.2) is 17.9 Å². The number of carboxylic acids is 2. The molecule has 0 fully saturated rings. The van der Waals surface area contributed by atoms with E-state index in [4.69, 9.17) is 15.0 Å². The number of quaternary nitrogens is 1. The number of likely N-dealkylation sites (N-methyl/N-ethyl adjacent to an activating group) is 1. The van der Waals surface area contributed by atoms with Gasteiger partial charge in [0, 0.05) is 0 Å². The Morgan fingerprint density at radius 1 is 1.06 bits per heavy atom. The quantitative estimate of drug-likeness (QED) is 0.327. The molecule has 0 bridgehead atoms. The largest absolute Gasteiger partial charge is 0.490 e. The van der Waals surface area contributed by atoms with E-state index >= 15 is 0 Å². The number of benzene rings is 1. The lowest BCUT2D eigenvalue weighted by atomic mass is 10.1. The summed E-state index contributed by atoms with van der Waals surface area (Å²) >= 11 is 0. The smallest absolute Gasteiger partial charge is 0.481 e. The summed E-state index contributed by atoms with van der Waals surface area (Å²) in [7, 11) is 1.95. The second-order valence-corrected chi connectivity index (χ2v) is 10.0. The molecule has 0 heterocycles. The Morgan fingerprint density at radius 3 is 1.94 bits per heavy atom. The van der Waals surface area contributed by atoms with Crippen LogP contribution < -0.4 is 4.72 Å². The lowest BCUT2D eigenvalue weighted by Crippen LogP contribution is -2.49. The number of halogens is 3. The molecule has 1 aromatic carbocycles. The van der Waals surface area contributed by atoms with Gasteiger partial charge in [0.25, 0.3) is 0 Å². The minimum Gasteiger partial charge on any atom is -0.481 e. The molecule has 0 saturated heterocycles. The Hall–Kier alpha value is -2.18. The summed E-state index contributed by atoms with van der Waals surface area (Å²) in [6.45, 7) is 2.53. The van der Waals surface area contributed by atoms with Crippen LogP contribution in [0.3, 0.4) is 0 Å². The van der Waals surface area contributed by atoms with Crippen molar-refractivity contribution >= 4 is 22.0 Å². The molecule has 1 aromatic rings. The topological polar surface area (TPSA) is 121 Å². The molecule has 0 aliphatic heterocycles. The van der Waals surface area contributed by atoms with Gasteiger partial charge in [0.15, 0.2) is 0 Å². The highest BCUT2D eigenvalue weighted by molar-refractivity contribution is 7.89. The van der Waals surface area contributed by atoms with Crippen LogP contribution in [0.15, 0.2) is 29.2 Å². The maximum atomic E-state index is 12.6. The van der Waals surface area contributed by atoms with Crippen molar-refractivity contribution in [2.24, 2.45) is 0 Å². The Balaban J connectivity index is 0.00000118. The van der Waals surface area contributed by atoms with E-state index in [-0.39, 0.29) is 11.3 Å². The molecule has 1 atom stereocenters. The highest BCUT2D eigenvalue weighted by atomic mass is 32.2. The Bertz CT molecular complexity index is 834. The fourth-order valence-electron chi connectivity index (χ4n) is 2.72. The zero-order valence-corrected chi connectivity index (χ0v) is 19.5. The molecule has 32 heavy (non-hydrogen) atoms. The number of aliphatic carboxylic acids is 2. The molecule has 8 nitrogen and oxygen atoms in total. The molecule has 0 spiro atoms. The van der Waals surface area contributed by atoms with Gasteiger partial charge in [-0.2, -0.15) is 13.2 Å². The van der Waals surface area contributed by atoms with Gasteiger partial charge in [-0.15, -0.1) is 0 Å². The zero-order valence-electron chi connectivity index (χ0n) is 18.6. The number of hydrogen-bond donors (Lipinski definition) is 3. The first-order valence-corrected chi connectivity index (χ1v) is 11.4. The summed E-state index contributed by atoms with van der Waals surface area (Å²) in [5.41, 5.74) is 1.11. The van der Waals surface area contributed by atoms with Crippen molar-refractivity contribution in [2.45, 2.75) is 56.1 Å². The fraction of sp³-hybridized carbons (Fsp3) is 0.600. The van der Waals surface area contributed by atoms with E-state index in [9.17, 15) is 26.4 Å². The van der Waals surface area contributed by atoms with Gasteiger partial charge in [-0.3, -0.25) is 4.79 Å². The Morgan fingerprint density at radius 2 is 1.56 bits per heavy atom. The summed E-state index contributed by atoms with van der Waals surface area (Å²) < 4.78 is 59.9. The van der Waals surface area contributed by atoms with E-state index in [1.54, 1.807) is 12.1 Å². The lowest BCUT2D eigenvalue weighted by Gasteiger charge is -2.29. The molecular weight excluding hydrogens is 453 g/mol. The molecule has 1 rings (SSSR count). The van der Waals surface area contributed by atoms with Gasteiger partial charge in [-0.05, 0) is 30.5 Å². The Kier molecular flexibility index (Phi) is 11.9. The standard InChI is InChI=1S/C18H30N2O4S.C2HF3O2/c1-5-6-7-8-15-9-11-17(12-10-15)25(23,24)19-16(13-18(21)22)14-20(2,3)4;3-2(4,5)1(6)7/h9-12,16,19H,5-8,13-14H2,1-4H3;(H,6,7)/p+1/t16-;/m1./s1. The third-order valence-electron chi connectivity index (χ3n) is 4.06. The van der Waals surface area contributed by atoms with Crippen LogP contribution in [0.4, 0.5) is 13.2 Å². The molecule has 0 radical (unpaired) electrons. The van der Waals surface area contributed by atoms with Gasteiger partial charge < -0.3 is 14.7 Å². The van der Waals surface area contributed by atoms with E-state index in [1.807, 2.05) is 33.3 Å². The van der Waals surface area contributed by atoms with E-state index in [2.05, 4.69) is 11.6 Å². The minimum atomic E-state index is -5.08. The van der Waals surface area contributed by atoms with E-state index in [0.717, 1.165) is 31.2 Å². The number of nitrogens with one attached hydrogen (secondary N) is 1. The van der Waals surface area contributed by atoms with Crippen LogP contribution >= 0.6 is 0 Å². The highest BCUT2D eigenvalue weighted by Gasteiger charge is 2.38. The van der Waals surface area contributed by atoms with Crippen LogP contribution in [-0.4, -0.2) is 75.0 Å². The van der Waals surface area contributed by atoms with Gasteiger partial charge in [0.1, 0.15) is 0 Å². The van der Waals surface area contributed by atoms with E-state index < -0.39 is 34.2 Å². The summed E-state index contributed by atoms with van der Waals surface area (Å²) in [5, 5.41) is 16.2. The Labute approximate surface area is 186 Å². The monoisotopic (exact) mass is 485 g/mol. The van der Waals surface area contributed by atoms with Gasteiger partial charge >= 0.3 is 18.1 Å². The maximum absolute atomic E-state index is 12.6. The van der Waals surface area contributed by atoms with Crippen molar-refractivity contribution in [2.75, 3.05) is 27.7 Å². The SMILES string of the molecule is CCCCCc1ccc(S(=O)(=O)N[C@H](CC(=O)O)C[N+](C)(C)C)cc1.O=C(O)C(F)(F)F. The molecule has 3 N–H and O–H groups in total. The maximum Gasteiger partial charge on any atom is 0.490 e. The van der Waals surface area contributed by atoms with Crippen molar-refractivity contribution < 1.29 is 45.9 Å². The van der Waals surface area contributed by atoms with Crippen LogP contribution in [0, 0.1) is 0 Å². The van der Waals surface area contributed by atoms with Gasteiger partial charge in [-0.1, -0.05) is 31.9 Å². The first-order chi connectivity index (χ1) is 14.5. The zero-order chi connectivity index (χ0) is 25.2. The predicted octanol–water partition coefficient (Wildman–Crippen LogP) is 2.88. The molecule has 0 unspecified atom stereocenters. The molecule has 184 valence electrons. The molecule has 0 saturated carbocycles. The van der Waals surface area contributed by atoms with Crippen LogP contribution in [0.2, 0.25) is 0 Å². The summed E-state index contributed by atoms with van der Waals surface area (Å²) in [6.07, 6.45) is -1.00. The average molecular weight is 486 g/mol. The van der Waals surface area contributed by atoms with Crippen molar-refractivity contribution in [3.63, 3.8) is 0 Å². The normalized spacial score (nSPS) is 13.1. The molecule has 0 aromatic heterocycles.